The maximum atomic E-state index is 15.1. The third-order valence-corrected chi connectivity index (χ3v) is 6.13. The third kappa shape index (κ3) is 5.76. The predicted octanol–water partition coefficient (Wildman–Crippen LogP) is 1.10. The second-order valence-electron chi connectivity index (χ2n) is 8.63. The lowest BCUT2D eigenvalue weighted by atomic mass is 10.1. The first kappa shape index (κ1) is 26.6. The summed E-state index contributed by atoms with van der Waals surface area (Å²) in [6, 6.07) is 2.59. The average molecular weight is 536 g/mol. The van der Waals surface area contributed by atoms with Crippen LogP contribution in [0.5, 0.6) is 0 Å². The molecule has 2 aliphatic heterocycles. The summed E-state index contributed by atoms with van der Waals surface area (Å²) in [6.07, 6.45) is -0.913. The van der Waals surface area contributed by atoms with Crippen LogP contribution in [-0.4, -0.2) is 92.6 Å². The fourth-order valence-electron chi connectivity index (χ4n) is 4.20. The van der Waals surface area contributed by atoms with Crippen molar-refractivity contribution < 1.29 is 42.0 Å². The van der Waals surface area contributed by atoms with E-state index in [1.807, 2.05) is 0 Å². The van der Waals surface area contributed by atoms with E-state index in [0.717, 1.165) is 17.0 Å². The van der Waals surface area contributed by atoms with Gasteiger partial charge in [-0.25, -0.2) is 18.4 Å². The zero-order valence-electron chi connectivity index (χ0n) is 20.6. The molecule has 15 heteroatoms. The van der Waals surface area contributed by atoms with E-state index in [1.54, 1.807) is 0 Å². The lowest BCUT2D eigenvalue weighted by molar-refractivity contribution is -0.133. The molecular formula is C23H26F2N6O7. The normalized spacial score (nSPS) is 18.2. The van der Waals surface area contributed by atoms with Gasteiger partial charge in [0.2, 0.25) is 11.7 Å². The van der Waals surface area contributed by atoms with Crippen molar-refractivity contribution in [1.82, 2.24) is 20.7 Å². The molecule has 4 amide bonds. The SMILES string of the molecule is COC(=O)NC[C@H]1CN(c2cc(F)c(N3CCN(C(=O)[C@H](C)NC(=O)c4ccno4)CC3)c(F)c2)C(=O)O1. The van der Waals surface area contributed by atoms with Crippen molar-refractivity contribution in [2.75, 3.05) is 56.2 Å². The Bertz CT molecular complexity index is 1180. The molecule has 2 atom stereocenters. The summed E-state index contributed by atoms with van der Waals surface area (Å²) in [4.78, 5) is 52.3. The van der Waals surface area contributed by atoms with Gasteiger partial charge in [0.05, 0.1) is 32.1 Å². The number of carbonyl (C=O) groups excluding carboxylic acids is 4. The second-order valence-corrected chi connectivity index (χ2v) is 8.63. The number of amides is 4. The zero-order valence-corrected chi connectivity index (χ0v) is 20.6. The van der Waals surface area contributed by atoms with Gasteiger partial charge in [-0.2, -0.15) is 0 Å². The molecule has 0 spiro atoms. The fraction of sp³-hybridized carbons (Fsp3) is 0.435. The number of anilines is 2. The van der Waals surface area contributed by atoms with Crippen molar-refractivity contribution in [3.8, 4) is 0 Å². The average Bonchev–Trinajstić information content (AvgIpc) is 3.57. The van der Waals surface area contributed by atoms with E-state index in [2.05, 4.69) is 20.5 Å². The second kappa shape index (κ2) is 11.3. The van der Waals surface area contributed by atoms with Gasteiger partial charge >= 0.3 is 12.2 Å². The van der Waals surface area contributed by atoms with Crippen LogP contribution in [-0.2, 0) is 14.3 Å². The first-order chi connectivity index (χ1) is 18.2. The molecule has 4 rings (SSSR count). The van der Waals surface area contributed by atoms with Crippen molar-refractivity contribution in [3.63, 3.8) is 0 Å². The van der Waals surface area contributed by atoms with Crippen molar-refractivity contribution in [2.45, 2.75) is 19.1 Å². The summed E-state index contributed by atoms with van der Waals surface area (Å²) in [5.74, 6) is -2.72. The van der Waals surface area contributed by atoms with E-state index < -0.39 is 41.9 Å². The molecule has 0 aliphatic carbocycles. The molecule has 2 fully saturated rings. The minimum atomic E-state index is -0.878. The Morgan fingerprint density at radius 2 is 1.87 bits per heavy atom. The highest BCUT2D eigenvalue weighted by Crippen LogP contribution is 2.31. The molecule has 2 N–H and O–H groups in total. The van der Waals surface area contributed by atoms with Crippen molar-refractivity contribution in [3.05, 3.63) is 41.8 Å². The Morgan fingerprint density at radius 3 is 2.47 bits per heavy atom. The van der Waals surface area contributed by atoms with E-state index >= 15 is 8.78 Å². The van der Waals surface area contributed by atoms with Crippen LogP contribution in [0, 0.1) is 11.6 Å². The summed E-state index contributed by atoms with van der Waals surface area (Å²) < 4.78 is 44.5. The first-order valence-electron chi connectivity index (χ1n) is 11.7. The quantitative estimate of drug-likeness (QED) is 0.531. The number of nitrogens with zero attached hydrogens (tertiary/aromatic N) is 4. The van der Waals surface area contributed by atoms with Gasteiger partial charge in [-0.3, -0.25) is 14.5 Å². The molecule has 13 nitrogen and oxygen atoms in total. The maximum Gasteiger partial charge on any atom is 0.414 e. The van der Waals surface area contributed by atoms with E-state index in [0.29, 0.717) is 0 Å². The number of cyclic esters (lactones) is 1. The van der Waals surface area contributed by atoms with Gasteiger partial charge in [-0.1, -0.05) is 5.16 Å². The van der Waals surface area contributed by atoms with Gasteiger partial charge in [0.25, 0.3) is 5.91 Å². The number of hydrogen-bond donors (Lipinski definition) is 2. The molecular weight excluding hydrogens is 510 g/mol. The fourth-order valence-corrected chi connectivity index (χ4v) is 4.20. The van der Waals surface area contributed by atoms with Crippen LogP contribution in [0.3, 0.4) is 0 Å². The minimum Gasteiger partial charge on any atom is -0.453 e. The topological polar surface area (TPSA) is 147 Å². The van der Waals surface area contributed by atoms with E-state index in [9.17, 15) is 19.2 Å². The molecule has 2 aliphatic rings. The smallest absolute Gasteiger partial charge is 0.414 e. The number of halogens is 2. The number of alkyl carbamates (subject to hydrolysis) is 1. The molecule has 0 unspecified atom stereocenters. The lowest BCUT2D eigenvalue weighted by Crippen LogP contribution is -2.54. The van der Waals surface area contributed by atoms with E-state index in [1.165, 1.54) is 36.1 Å². The maximum absolute atomic E-state index is 15.1. The third-order valence-electron chi connectivity index (χ3n) is 6.13. The van der Waals surface area contributed by atoms with Gasteiger partial charge in [-0.05, 0) is 6.92 Å². The first-order valence-corrected chi connectivity index (χ1v) is 11.7. The van der Waals surface area contributed by atoms with Crippen LogP contribution in [0.1, 0.15) is 17.5 Å². The Labute approximate surface area is 215 Å². The zero-order chi connectivity index (χ0) is 27.4. The largest absolute Gasteiger partial charge is 0.453 e. The number of aromatic nitrogens is 1. The summed E-state index contributed by atoms with van der Waals surface area (Å²) in [5.41, 5.74) is -0.302. The number of ether oxygens (including phenoxy) is 2. The van der Waals surface area contributed by atoms with Crippen LogP contribution in [0.4, 0.5) is 29.7 Å². The van der Waals surface area contributed by atoms with Crippen molar-refractivity contribution >= 4 is 35.4 Å². The van der Waals surface area contributed by atoms with Crippen LogP contribution < -0.4 is 20.4 Å². The summed E-state index contributed by atoms with van der Waals surface area (Å²) in [7, 11) is 1.19. The number of benzene rings is 1. The molecule has 0 bridgehead atoms. The monoisotopic (exact) mass is 536 g/mol. The van der Waals surface area contributed by atoms with Crippen molar-refractivity contribution in [2.24, 2.45) is 0 Å². The van der Waals surface area contributed by atoms with Crippen LogP contribution in [0.2, 0.25) is 0 Å². The molecule has 1 aromatic carbocycles. The van der Waals surface area contributed by atoms with Crippen LogP contribution >= 0.6 is 0 Å². The molecule has 0 radical (unpaired) electrons. The molecule has 0 saturated carbocycles. The number of carbonyl (C=O) groups is 4. The van der Waals surface area contributed by atoms with Crippen molar-refractivity contribution in [1.29, 1.82) is 0 Å². The van der Waals surface area contributed by atoms with Gasteiger partial charge < -0.3 is 34.4 Å². The van der Waals surface area contributed by atoms with Crippen LogP contribution in [0.15, 0.2) is 28.9 Å². The number of nitrogens with one attached hydrogen (secondary N) is 2. The predicted molar refractivity (Wildman–Crippen MR) is 127 cm³/mol. The van der Waals surface area contributed by atoms with Gasteiger partial charge in [-0.15, -0.1) is 0 Å². The molecule has 3 heterocycles. The summed E-state index contributed by atoms with van der Waals surface area (Å²) >= 11 is 0. The summed E-state index contributed by atoms with van der Waals surface area (Å²) in [5, 5.41) is 8.38. The molecule has 1 aromatic heterocycles. The minimum absolute atomic E-state index is 0.0208. The van der Waals surface area contributed by atoms with Crippen LogP contribution in [0.25, 0.3) is 0 Å². The molecule has 2 saturated heterocycles. The molecule has 2 aromatic rings. The number of hydrogen-bond acceptors (Lipinski definition) is 9. The molecule has 38 heavy (non-hydrogen) atoms. The lowest BCUT2D eigenvalue weighted by Gasteiger charge is -2.37. The Morgan fingerprint density at radius 1 is 1.18 bits per heavy atom. The van der Waals surface area contributed by atoms with Gasteiger partial charge in [0.1, 0.15) is 17.8 Å². The van der Waals surface area contributed by atoms with Gasteiger partial charge in [0, 0.05) is 44.4 Å². The Hall–Kier alpha value is -4.43. The Balaban J connectivity index is 1.35. The van der Waals surface area contributed by atoms with E-state index in [-0.39, 0.29) is 62.3 Å². The molecule has 204 valence electrons. The highest BCUT2D eigenvalue weighted by atomic mass is 19.1. The number of methoxy groups -OCH3 is 1. The number of piperazine rings is 1. The highest BCUT2D eigenvalue weighted by molar-refractivity contribution is 5.95. The number of rotatable bonds is 7. The van der Waals surface area contributed by atoms with Gasteiger partial charge in [0.15, 0.2) is 11.6 Å². The standard InChI is InChI=1S/C23H26F2N6O7/c1-13(28-20(32)18-3-4-27-38-18)21(33)30-7-5-29(6-8-30)19-16(24)9-14(10-17(19)25)31-12-15(37-23(31)35)11-26-22(34)36-2/h3-4,9-10,13,15H,5-8,11-12H2,1-2H3,(H,26,34)(H,28,32)/t13-,15-/m0/s1. The van der Waals surface area contributed by atoms with E-state index in [4.69, 9.17) is 9.26 Å². The highest BCUT2D eigenvalue weighted by Gasteiger charge is 2.34. The Kier molecular flexibility index (Phi) is 7.93. The summed E-state index contributed by atoms with van der Waals surface area (Å²) in [6.45, 7) is 2.13.